The molecule has 0 bridgehead atoms. The number of aromatic nitrogens is 1. The Labute approximate surface area is 117 Å². The zero-order valence-corrected chi connectivity index (χ0v) is 11.2. The van der Waals surface area contributed by atoms with Crippen LogP contribution in [-0.4, -0.2) is 42.1 Å². The third kappa shape index (κ3) is 2.72. The van der Waals surface area contributed by atoms with Crippen LogP contribution in [0.3, 0.4) is 0 Å². The van der Waals surface area contributed by atoms with Crippen molar-refractivity contribution >= 4 is 22.5 Å². The Bertz CT molecular complexity index is 636. The Kier molecular flexibility index (Phi) is 3.52. The summed E-state index contributed by atoms with van der Waals surface area (Å²) in [4.78, 5) is 18.5. The maximum atomic E-state index is 12.2. The average Bonchev–Trinajstić information content (AvgIpc) is 2.48. The Morgan fingerprint density at radius 3 is 2.85 bits per heavy atom. The van der Waals surface area contributed by atoms with E-state index in [4.69, 9.17) is 10.5 Å². The van der Waals surface area contributed by atoms with Crippen molar-refractivity contribution in [3.8, 4) is 0 Å². The molecule has 1 aromatic carbocycles. The van der Waals surface area contributed by atoms with Gasteiger partial charge in [0.25, 0.3) is 0 Å². The molecule has 5 heteroatoms. The number of morpholine rings is 1. The Morgan fingerprint density at radius 2 is 2.05 bits per heavy atom. The lowest BCUT2D eigenvalue weighted by Gasteiger charge is -2.26. The minimum Gasteiger partial charge on any atom is -0.399 e. The van der Waals surface area contributed by atoms with Gasteiger partial charge in [0.15, 0.2) is 0 Å². The van der Waals surface area contributed by atoms with Crippen LogP contribution in [0.15, 0.2) is 30.3 Å². The van der Waals surface area contributed by atoms with Gasteiger partial charge >= 0.3 is 0 Å². The van der Waals surface area contributed by atoms with E-state index in [9.17, 15) is 4.79 Å². The fraction of sp³-hybridized carbons (Fsp3) is 0.333. The Balaban J connectivity index is 1.76. The van der Waals surface area contributed by atoms with Crippen LogP contribution in [0.1, 0.15) is 5.69 Å². The number of rotatable bonds is 2. The summed E-state index contributed by atoms with van der Waals surface area (Å²) in [6.07, 6.45) is 0.334. The monoisotopic (exact) mass is 271 g/mol. The van der Waals surface area contributed by atoms with Gasteiger partial charge < -0.3 is 15.4 Å². The molecule has 104 valence electrons. The average molecular weight is 271 g/mol. The van der Waals surface area contributed by atoms with Crippen molar-refractivity contribution in [3.05, 3.63) is 36.0 Å². The van der Waals surface area contributed by atoms with Gasteiger partial charge in [-0.25, -0.2) is 0 Å². The summed E-state index contributed by atoms with van der Waals surface area (Å²) in [6.45, 7) is 2.58. The highest BCUT2D eigenvalue weighted by molar-refractivity contribution is 5.83. The summed E-state index contributed by atoms with van der Waals surface area (Å²) >= 11 is 0. The smallest absolute Gasteiger partial charge is 0.228 e. The van der Waals surface area contributed by atoms with E-state index in [0.717, 1.165) is 22.3 Å². The van der Waals surface area contributed by atoms with E-state index in [1.165, 1.54) is 0 Å². The zero-order chi connectivity index (χ0) is 13.9. The first kappa shape index (κ1) is 12.9. The van der Waals surface area contributed by atoms with Crippen LogP contribution in [0, 0.1) is 0 Å². The lowest BCUT2D eigenvalue weighted by Crippen LogP contribution is -2.41. The second-order valence-electron chi connectivity index (χ2n) is 4.92. The SMILES string of the molecule is Nc1ccc2nc(CC(=O)N3CCOCC3)ccc2c1. The first-order chi connectivity index (χ1) is 9.72. The molecule has 1 fully saturated rings. The van der Waals surface area contributed by atoms with Gasteiger partial charge in [-0.05, 0) is 24.3 Å². The number of fused-ring (bicyclic) bond motifs is 1. The maximum Gasteiger partial charge on any atom is 0.228 e. The fourth-order valence-electron chi connectivity index (χ4n) is 2.36. The van der Waals surface area contributed by atoms with Gasteiger partial charge in [0, 0.05) is 24.2 Å². The van der Waals surface area contributed by atoms with Crippen molar-refractivity contribution in [1.29, 1.82) is 0 Å². The lowest BCUT2D eigenvalue weighted by atomic mass is 10.1. The molecule has 0 radical (unpaired) electrons. The van der Waals surface area contributed by atoms with Crippen LogP contribution in [0.5, 0.6) is 0 Å². The number of carbonyl (C=O) groups excluding carboxylic acids is 1. The Morgan fingerprint density at radius 1 is 1.25 bits per heavy atom. The van der Waals surface area contributed by atoms with Crippen LogP contribution < -0.4 is 5.73 Å². The van der Waals surface area contributed by atoms with Gasteiger partial charge in [-0.15, -0.1) is 0 Å². The number of nitrogen functional groups attached to an aromatic ring is 1. The molecule has 1 aliphatic heterocycles. The molecule has 2 aromatic rings. The van der Waals surface area contributed by atoms with Gasteiger partial charge in [0.1, 0.15) is 0 Å². The standard InChI is InChI=1S/C15H17N3O2/c16-12-2-4-14-11(9-12)1-3-13(17-14)10-15(19)18-5-7-20-8-6-18/h1-4,9H,5-8,10,16H2. The van der Waals surface area contributed by atoms with Gasteiger partial charge in [-0.3, -0.25) is 9.78 Å². The molecular formula is C15H17N3O2. The van der Waals surface area contributed by atoms with Crippen LogP contribution >= 0.6 is 0 Å². The molecular weight excluding hydrogens is 254 g/mol. The number of nitrogens with two attached hydrogens (primary N) is 1. The summed E-state index contributed by atoms with van der Waals surface area (Å²) in [5.74, 6) is 0.107. The molecule has 5 nitrogen and oxygen atoms in total. The number of carbonyl (C=O) groups is 1. The van der Waals surface area contributed by atoms with Gasteiger partial charge in [0.05, 0.1) is 30.8 Å². The summed E-state index contributed by atoms with van der Waals surface area (Å²) in [5, 5.41) is 0.993. The number of hydrogen-bond acceptors (Lipinski definition) is 4. The molecule has 20 heavy (non-hydrogen) atoms. The van der Waals surface area contributed by atoms with E-state index in [1.807, 2.05) is 35.2 Å². The van der Waals surface area contributed by atoms with Crippen molar-refractivity contribution in [1.82, 2.24) is 9.88 Å². The highest BCUT2D eigenvalue weighted by Gasteiger charge is 2.17. The maximum absolute atomic E-state index is 12.2. The van der Waals surface area contributed by atoms with Gasteiger partial charge in [-0.1, -0.05) is 6.07 Å². The van der Waals surface area contributed by atoms with Crippen LogP contribution in [0.4, 0.5) is 5.69 Å². The third-order valence-corrected chi connectivity index (χ3v) is 3.47. The molecule has 1 aromatic heterocycles. The molecule has 1 saturated heterocycles. The van der Waals surface area contributed by atoms with Crippen molar-refractivity contribution in [3.63, 3.8) is 0 Å². The molecule has 3 rings (SSSR count). The topological polar surface area (TPSA) is 68.5 Å². The summed E-state index contributed by atoms with van der Waals surface area (Å²) in [5.41, 5.74) is 8.12. The zero-order valence-electron chi connectivity index (χ0n) is 11.2. The van der Waals surface area contributed by atoms with Gasteiger partial charge in [0.2, 0.25) is 5.91 Å². The largest absolute Gasteiger partial charge is 0.399 e. The van der Waals surface area contributed by atoms with Crippen molar-refractivity contribution < 1.29 is 9.53 Å². The minimum absolute atomic E-state index is 0.107. The van der Waals surface area contributed by atoms with E-state index >= 15 is 0 Å². The van der Waals surface area contributed by atoms with Crippen molar-refractivity contribution in [2.75, 3.05) is 32.0 Å². The molecule has 1 aliphatic rings. The normalized spacial score (nSPS) is 15.5. The molecule has 2 heterocycles. The van der Waals surface area contributed by atoms with E-state index in [0.29, 0.717) is 32.7 Å². The molecule has 2 N–H and O–H groups in total. The molecule has 0 atom stereocenters. The van der Waals surface area contributed by atoms with Crippen LogP contribution in [-0.2, 0) is 16.0 Å². The van der Waals surface area contributed by atoms with Crippen molar-refractivity contribution in [2.45, 2.75) is 6.42 Å². The number of nitrogens with zero attached hydrogens (tertiary/aromatic N) is 2. The Hall–Kier alpha value is -2.14. The molecule has 0 saturated carbocycles. The molecule has 0 unspecified atom stereocenters. The van der Waals surface area contributed by atoms with E-state index in [2.05, 4.69) is 4.98 Å². The van der Waals surface area contributed by atoms with Gasteiger partial charge in [-0.2, -0.15) is 0 Å². The predicted molar refractivity (Wildman–Crippen MR) is 77.3 cm³/mol. The number of ether oxygens (including phenoxy) is 1. The van der Waals surface area contributed by atoms with E-state index < -0.39 is 0 Å². The molecule has 0 aliphatic carbocycles. The third-order valence-electron chi connectivity index (χ3n) is 3.47. The summed E-state index contributed by atoms with van der Waals surface area (Å²) < 4.78 is 5.25. The first-order valence-corrected chi connectivity index (χ1v) is 6.73. The number of benzene rings is 1. The number of pyridine rings is 1. The highest BCUT2D eigenvalue weighted by Crippen LogP contribution is 2.16. The number of hydrogen-bond donors (Lipinski definition) is 1. The molecule has 1 amide bonds. The van der Waals surface area contributed by atoms with E-state index in [-0.39, 0.29) is 5.91 Å². The van der Waals surface area contributed by atoms with Crippen LogP contribution in [0.25, 0.3) is 10.9 Å². The second kappa shape index (κ2) is 5.46. The predicted octanol–water partition coefficient (Wildman–Crippen LogP) is 1.22. The summed E-state index contributed by atoms with van der Waals surface area (Å²) in [6, 6.07) is 9.44. The summed E-state index contributed by atoms with van der Waals surface area (Å²) in [7, 11) is 0. The second-order valence-corrected chi connectivity index (χ2v) is 4.92. The van der Waals surface area contributed by atoms with Crippen molar-refractivity contribution in [2.24, 2.45) is 0 Å². The number of amides is 1. The molecule has 0 spiro atoms. The minimum atomic E-state index is 0.107. The lowest BCUT2D eigenvalue weighted by molar-refractivity contribution is -0.134. The fourth-order valence-corrected chi connectivity index (χ4v) is 2.36. The quantitative estimate of drug-likeness (QED) is 0.834. The van der Waals surface area contributed by atoms with Crippen LogP contribution in [0.2, 0.25) is 0 Å². The highest BCUT2D eigenvalue weighted by atomic mass is 16.5. The first-order valence-electron chi connectivity index (χ1n) is 6.73. The van der Waals surface area contributed by atoms with E-state index in [1.54, 1.807) is 0 Å². The number of anilines is 1.